The van der Waals surface area contributed by atoms with Crippen LogP contribution in [0.5, 0.6) is 0 Å². The Bertz CT molecular complexity index is 1010. The summed E-state index contributed by atoms with van der Waals surface area (Å²) in [6, 6.07) is 3.73. The number of nitrogens with zero attached hydrogens (tertiary/aromatic N) is 4. The summed E-state index contributed by atoms with van der Waals surface area (Å²) in [7, 11) is 1.16. The van der Waals surface area contributed by atoms with E-state index < -0.39 is 24.4 Å². The summed E-state index contributed by atoms with van der Waals surface area (Å²) in [5.41, 5.74) is 0.471. The van der Waals surface area contributed by atoms with Crippen molar-refractivity contribution in [2.45, 2.75) is 38.9 Å². The Morgan fingerprint density at radius 2 is 1.74 bits per heavy atom. The van der Waals surface area contributed by atoms with Gasteiger partial charge in [0, 0.05) is 49.1 Å². The fourth-order valence-corrected chi connectivity index (χ4v) is 4.02. The lowest BCUT2D eigenvalue weighted by molar-refractivity contribution is 0.00578. The number of amides is 1. The van der Waals surface area contributed by atoms with Crippen LogP contribution in [0.3, 0.4) is 0 Å². The van der Waals surface area contributed by atoms with Crippen LogP contribution in [0.2, 0.25) is 5.02 Å². The van der Waals surface area contributed by atoms with Crippen molar-refractivity contribution in [3.63, 3.8) is 0 Å². The molecule has 0 aliphatic carbocycles. The van der Waals surface area contributed by atoms with E-state index in [9.17, 15) is 9.90 Å². The number of benzene rings is 1. The molecular formula is C20H27BClN5O4. The number of hydrogen-bond donors (Lipinski definition) is 2. The zero-order chi connectivity index (χ0) is 22.6. The number of carboxylic acid groups (broad SMARTS) is 1. The second-order valence-electron chi connectivity index (χ2n) is 8.86. The van der Waals surface area contributed by atoms with Crippen molar-refractivity contribution in [3.05, 3.63) is 17.2 Å². The van der Waals surface area contributed by atoms with Gasteiger partial charge in [-0.05, 0) is 39.8 Å². The van der Waals surface area contributed by atoms with E-state index >= 15 is 0 Å². The predicted octanol–water partition coefficient (Wildman–Crippen LogP) is 2.42. The molecule has 2 aliphatic rings. The third-order valence-corrected chi connectivity index (χ3v) is 6.70. The number of carbonyl (C=O) groups is 1. The van der Waals surface area contributed by atoms with Gasteiger partial charge in [-0.2, -0.15) is 4.98 Å². The Labute approximate surface area is 186 Å². The molecule has 2 fully saturated rings. The smallest absolute Gasteiger partial charge is 0.465 e. The molecule has 0 unspecified atom stereocenters. The molecule has 1 aromatic carbocycles. The van der Waals surface area contributed by atoms with Crippen molar-refractivity contribution in [1.82, 2.24) is 14.9 Å². The summed E-state index contributed by atoms with van der Waals surface area (Å²) in [5.74, 6) is 1.20. The minimum absolute atomic E-state index is 0.412. The van der Waals surface area contributed by atoms with E-state index in [1.807, 2.05) is 39.8 Å². The molecule has 2 N–H and O–H groups in total. The van der Waals surface area contributed by atoms with Gasteiger partial charge in [-0.1, -0.05) is 11.6 Å². The Morgan fingerprint density at radius 3 is 2.29 bits per heavy atom. The van der Waals surface area contributed by atoms with Crippen LogP contribution in [0.25, 0.3) is 10.9 Å². The molecule has 166 valence electrons. The molecule has 1 amide bonds. The first-order valence-electron chi connectivity index (χ1n) is 10.3. The Morgan fingerprint density at radius 1 is 1.13 bits per heavy atom. The fraction of sp³-hybridized carbons (Fsp3) is 0.550. The van der Waals surface area contributed by atoms with Crippen LogP contribution < -0.4 is 15.7 Å². The molecule has 31 heavy (non-hydrogen) atoms. The molecule has 9 nitrogen and oxygen atoms in total. The number of fused-ring (bicyclic) bond motifs is 1. The lowest BCUT2D eigenvalue weighted by Gasteiger charge is -2.34. The number of hydrogen-bond acceptors (Lipinski definition) is 7. The Hall–Kier alpha value is -2.30. The fourth-order valence-electron chi connectivity index (χ4n) is 3.76. The maximum atomic E-state index is 11.2. The van der Waals surface area contributed by atoms with E-state index in [4.69, 9.17) is 20.9 Å². The monoisotopic (exact) mass is 447 g/mol. The standard InChI is InChI=1S/C20H27BClN5O4/c1-19(2)20(3,4)31-21(30-19)13-11-15-12(10-14(13)22)16(25-17(23-5)24-15)26-6-8-27(9-7-26)18(28)29/h10-11H,6-9H2,1-5H3,(H,28,29)(H,23,24,25). The lowest BCUT2D eigenvalue weighted by atomic mass is 9.78. The normalized spacial score (nSPS) is 20.4. The molecular weight excluding hydrogens is 421 g/mol. The summed E-state index contributed by atoms with van der Waals surface area (Å²) < 4.78 is 12.4. The lowest BCUT2D eigenvalue weighted by Crippen LogP contribution is -2.48. The SMILES string of the molecule is CNc1nc(N2CCN(C(=O)O)CC2)c2cc(Cl)c(B3OC(C)(C)C(C)(C)O3)cc2n1. The first-order chi connectivity index (χ1) is 14.5. The number of aromatic nitrogens is 2. The quantitative estimate of drug-likeness (QED) is 0.692. The van der Waals surface area contributed by atoms with Gasteiger partial charge in [0.05, 0.1) is 16.7 Å². The highest BCUT2D eigenvalue weighted by Crippen LogP contribution is 2.38. The highest BCUT2D eigenvalue weighted by Gasteiger charge is 2.52. The zero-order valence-corrected chi connectivity index (χ0v) is 19.2. The van der Waals surface area contributed by atoms with Crippen molar-refractivity contribution < 1.29 is 19.2 Å². The van der Waals surface area contributed by atoms with Gasteiger partial charge < -0.3 is 29.5 Å². The van der Waals surface area contributed by atoms with E-state index in [1.165, 1.54) is 4.90 Å². The van der Waals surface area contributed by atoms with E-state index in [1.54, 1.807) is 7.05 Å². The van der Waals surface area contributed by atoms with Crippen molar-refractivity contribution in [3.8, 4) is 0 Å². The highest BCUT2D eigenvalue weighted by atomic mass is 35.5. The van der Waals surface area contributed by atoms with Crippen molar-refractivity contribution in [1.29, 1.82) is 0 Å². The molecule has 2 aromatic rings. The minimum Gasteiger partial charge on any atom is -0.465 e. The van der Waals surface area contributed by atoms with Gasteiger partial charge in [-0.25, -0.2) is 9.78 Å². The summed E-state index contributed by atoms with van der Waals surface area (Å²) in [5, 5.41) is 13.5. The van der Waals surface area contributed by atoms with Gasteiger partial charge in [0.1, 0.15) is 5.82 Å². The number of piperazine rings is 1. The molecule has 0 bridgehead atoms. The van der Waals surface area contributed by atoms with E-state index in [2.05, 4.69) is 20.2 Å². The maximum absolute atomic E-state index is 11.2. The van der Waals surface area contributed by atoms with Gasteiger partial charge in [0.2, 0.25) is 5.95 Å². The highest BCUT2D eigenvalue weighted by molar-refractivity contribution is 6.66. The molecule has 11 heteroatoms. The topological polar surface area (TPSA) is 100 Å². The third kappa shape index (κ3) is 3.88. The zero-order valence-electron chi connectivity index (χ0n) is 18.4. The van der Waals surface area contributed by atoms with E-state index in [0.29, 0.717) is 42.7 Å². The predicted molar refractivity (Wildman–Crippen MR) is 122 cm³/mol. The molecule has 0 spiro atoms. The molecule has 3 heterocycles. The second-order valence-corrected chi connectivity index (χ2v) is 9.26. The first-order valence-corrected chi connectivity index (χ1v) is 10.7. The maximum Gasteiger partial charge on any atom is 0.496 e. The van der Waals surface area contributed by atoms with Crippen LogP contribution in [-0.4, -0.2) is 77.6 Å². The van der Waals surface area contributed by atoms with Crippen LogP contribution >= 0.6 is 11.6 Å². The number of halogens is 1. The first kappa shape index (κ1) is 21.9. The van der Waals surface area contributed by atoms with Crippen LogP contribution in [0.1, 0.15) is 27.7 Å². The van der Waals surface area contributed by atoms with Crippen LogP contribution in [0.4, 0.5) is 16.6 Å². The number of rotatable bonds is 3. The number of anilines is 2. The average Bonchev–Trinajstić information content (AvgIpc) is 2.93. The van der Waals surface area contributed by atoms with E-state index in [0.717, 1.165) is 16.7 Å². The summed E-state index contributed by atoms with van der Waals surface area (Å²) in [4.78, 5) is 24.0. The van der Waals surface area contributed by atoms with Crippen LogP contribution in [0, 0.1) is 0 Å². The largest absolute Gasteiger partial charge is 0.496 e. The Kier molecular flexibility index (Phi) is 5.43. The van der Waals surface area contributed by atoms with E-state index in [-0.39, 0.29) is 0 Å². The molecule has 2 aliphatic heterocycles. The van der Waals surface area contributed by atoms with Gasteiger partial charge >= 0.3 is 13.2 Å². The van der Waals surface area contributed by atoms with Crippen molar-refractivity contribution in [2.75, 3.05) is 43.4 Å². The molecule has 1 aromatic heterocycles. The summed E-state index contributed by atoms with van der Waals surface area (Å²) in [6.45, 7) is 9.90. The van der Waals surface area contributed by atoms with Gasteiger partial charge in [-0.15, -0.1) is 0 Å². The minimum atomic E-state index is -0.904. The molecule has 0 atom stereocenters. The van der Waals surface area contributed by atoms with Crippen molar-refractivity contribution in [2.24, 2.45) is 0 Å². The van der Waals surface area contributed by atoms with Crippen molar-refractivity contribution >= 4 is 52.9 Å². The van der Waals surface area contributed by atoms with Crippen LogP contribution in [0.15, 0.2) is 12.1 Å². The van der Waals surface area contributed by atoms with Gasteiger partial charge in [0.15, 0.2) is 0 Å². The third-order valence-electron chi connectivity index (χ3n) is 6.37. The average molecular weight is 448 g/mol. The molecule has 0 saturated carbocycles. The molecule has 0 radical (unpaired) electrons. The Balaban J connectivity index is 1.73. The van der Waals surface area contributed by atoms with Gasteiger partial charge in [-0.3, -0.25) is 0 Å². The summed E-state index contributed by atoms with van der Waals surface area (Å²) >= 11 is 6.68. The molecule has 2 saturated heterocycles. The summed E-state index contributed by atoms with van der Waals surface area (Å²) in [6.07, 6.45) is -0.904. The van der Waals surface area contributed by atoms with Gasteiger partial charge in [0.25, 0.3) is 0 Å². The number of nitrogens with one attached hydrogen (secondary N) is 1. The van der Waals surface area contributed by atoms with Crippen LogP contribution in [-0.2, 0) is 9.31 Å². The molecule has 4 rings (SSSR count). The second kappa shape index (κ2) is 7.68.